The fraction of sp³-hybridized carbons (Fsp3) is 0.571. The Bertz CT molecular complexity index is 441. The SMILES string of the molecule is CC1CN(C(CN)c2ccc(O)c(Br)c2)CCN1C. The van der Waals surface area contributed by atoms with E-state index in [-0.39, 0.29) is 11.8 Å². The van der Waals surface area contributed by atoms with Crippen LogP contribution < -0.4 is 5.73 Å². The topological polar surface area (TPSA) is 52.7 Å². The van der Waals surface area contributed by atoms with Crippen molar-refractivity contribution in [3.63, 3.8) is 0 Å². The van der Waals surface area contributed by atoms with Crippen molar-refractivity contribution in [3.8, 4) is 5.75 Å². The van der Waals surface area contributed by atoms with E-state index in [4.69, 9.17) is 5.73 Å². The number of halogens is 1. The van der Waals surface area contributed by atoms with E-state index in [1.54, 1.807) is 6.07 Å². The summed E-state index contributed by atoms with van der Waals surface area (Å²) >= 11 is 3.37. The molecular weight excluding hydrogens is 306 g/mol. The molecule has 5 heteroatoms. The second-order valence-electron chi connectivity index (χ2n) is 5.29. The number of nitrogens with two attached hydrogens (primary N) is 1. The van der Waals surface area contributed by atoms with E-state index in [1.165, 1.54) is 0 Å². The largest absolute Gasteiger partial charge is 0.507 e. The van der Waals surface area contributed by atoms with Gasteiger partial charge in [0.1, 0.15) is 5.75 Å². The molecule has 1 aliphatic rings. The minimum absolute atomic E-state index is 0.216. The standard InChI is InChI=1S/C14H22BrN3O/c1-10-9-18(6-5-17(10)2)13(8-16)11-3-4-14(19)12(15)7-11/h3-4,7,10,13,19H,5-6,8-9,16H2,1-2H3. The van der Waals surface area contributed by atoms with E-state index in [0.717, 1.165) is 29.7 Å². The highest BCUT2D eigenvalue weighted by Crippen LogP contribution is 2.30. The highest BCUT2D eigenvalue weighted by Gasteiger charge is 2.26. The van der Waals surface area contributed by atoms with Crippen LogP contribution in [0.1, 0.15) is 18.5 Å². The summed E-state index contributed by atoms with van der Waals surface area (Å²) in [5.74, 6) is 0.270. The first-order valence-electron chi connectivity index (χ1n) is 6.65. The molecule has 2 rings (SSSR count). The molecular formula is C14H22BrN3O. The first-order chi connectivity index (χ1) is 9.02. The third kappa shape index (κ3) is 3.28. The van der Waals surface area contributed by atoms with Gasteiger partial charge in [0.2, 0.25) is 0 Å². The first kappa shape index (κ1) is 14.8. The number of hydrogen-bond donors (Lipinski definition) is 2. The normalized spacial score (nSPS) is 23.5. The van der Waals surface area contributed by atoms with Crippen LogP contribution in [0.4, 0.5) is 0 Å². The maximum Gasteiger partial charge on any atom is 0.129 e. The molecule has 19 heavy (non-hydrogen) atoms. The Morgan fingerprint density at radius 3 is 2.79 bits per heavy atom. The molecule has 2 atom stereocenters. The predicted octanol–water partition coefficient (Wildman–Crippen LogP) is 1.79. The second-order valence-corrected chi connectivity index (χ2v) is 6.14. The summed E-state index contributed by atoms with van der Waals surface area (Å²) in [6, 6.07) is 6.41. The van der Waals surface area contributed by atoms with E-state index < -0.39 is 0 Å². The van der Waals surface area contributed by atoms with Gasteiger partial charge in [-0.3, -0.25) is 4.90 Å². The first-order valence-corrected chi connectivity index (χ1v) is 7.45. The summed E-state index contributed by atoms with van der Waals surface area (Å²) in [5.41, 5.74) is 7.13. The van der Waals surface area contributed by atoms with Gasteiger partial charge in [0.15, 0.2) is 0 Å². The Labute approximate surface area is 123 Å². The number of nitrogens with zero attached hydrogens (tertiary/aromatic N) is 2. The van der Waals surface area contributed by atoms with Gasteiger partial charge in [0.25, 0.3) is 0 Å². The zero-order valence-corrected chi connectivity index (χ0v) is 13.1. The molecule has 4 nitrogen and oxygen atoms in total. The highest BCUT2D eigenvalue weighted by atomic mass is 79.9. The van der Waals surface area contributed by atoms with Gasteiger partial charge in [-0.2, -0.15) is 0 Å². The molecule has 1 aromatic rings. The average Bonchev–Trinajstić information content (AvgIpc) is 2.39. The number of phenols is 1. The molecule has 1 saturated heterocycles. The smallest absolute Gasteiger partial charge is 0.129 e. The van der Waals surface area contributed by atoms with E-state index >= 15 is 0 Å². The number of piperazine rings is 1. The molecule has 0 aromatic heterocycles. The van der Waals surface area contributed by atoms with Crippen molar-refractivity contribution < 1.29 is 5.11 Å². The molecule has 0 saturated carbocycles. The maximum absolute atomic E-state index is 9.59. The Kier molecular flexibility index (Phi) is 4.84. The van der Waals surface area contributed by atoms with Crippen molar-refractivity contribution in [3.05, 3.63) is 28.2 Å². The Morgan fingerprint density at radius 2 is 2.21 bits per heavy atom. The van der Waals surface area contributed by atoms with E-state index in [2.05, 4.69) is 39.7 Å². The van der Waals surface area contributed by atoms with Crippen LogP contribution in [0.5, 0.6) is 5.75 Å². The van der Waals surface area contributed by atoms with Crippen LogP contribution in [-0.2, 0) is 0 Å². The Balaban J connectivity index is 2.17. The molecule has 3 N–H and O–H groups in total. The lowest BCUT2D eigenvalue weighted by atomic mass is 10.0. The van der Waals surface area contributed by atoms with Gasteiger partial charge in [-0.25, -0.2) is 0 Å². The highest BCUT2D eigenvalue weighted by molar-refractivity contribution is 9.10. The van der Waals surface area contributed by atoms with Gasteiger partial charge in [-0.1, -0.05) is 6.07 Å². The van der Waals surface area contributed by atoms with Crippen LogP contribution in [0.2, 0.25) is 0 Å². The van der Waals surface area contributed by atoms with Crippen molar-refractivity contribution in [2.24, 2.45) is 5.73 Å². The molecule has 1 aliphatic heterocycles. The number of aromatic hydroxyl groups is 1. The average molecular weight is 328 g/mol. The fourth-order valence-electron chi connectivity index (χ4n) is 2.59. The summed E-state index contributed by atoms with van der Waals surface area (Å²) in [6.45, 7) is 5.95. The van der Waals surface area contributed by atoms with Gasteiger partial charge >= 0.3 is 0 Å². The lowest BCUT2D eigenvalue weighted by molar-refractivity contribution is 0.0741. The summed E-state index contributed by atoms with van der Waals surface area (Å²) < 4.78 is 0.727. The molecule has 0 amide bonds. The fourth-order valence-corrected chi connectivity index (χ4v) is 2.98. The summed E-state index contributed by atoms with van der Waals surface area (Å²) in [7, 11) is 2.16. The predicted molar refractivity (Wildman–Crippen MR) is 81.3 cm³/mol. The van der Waals surface area contributed by atoms with Crippen LogP contribution in [-0.4, -0.2) is 54.2 Å². The minimum Gasteiger partial charge on any atom is -0.507 e. The van der Waals surface area contributed by atoms with Crippen LogP contribution in [0.3, 0.4) is 0 Å². The van der Waals surface area contributed by atoms with Crippen molar-refractivity contribution in [1.82, 2.24) is 9.80 Å². The lowest BCUT2D eigenvalue weighted by Crippen LogP contribution is -2.52. The maximum atomic E-state index is 9.59. The van der Waals surface area contributed by atoms with E-state index in [1.807, 2.05) is 12.1 Å². The molecule has 1 heterocycles. The van der Waals surface area contributed by atoms with Crippen molar-refractivity contribution in [1.29, 1.82) is 0 Å². The Hall–Kier alpha value is -0.620. The third-order valence-electron chi connectivity index (χ3n) is 4.01. The zero-order chi connectivity index (χ0) is 14.0. The summed E-state index contributed by atoms with van der Waals surface area (Å²) in [4.78, 5) is 4.81. The molecule has 0 spiro atoms. The minimum atomic E-state index is 0.216. The lowest BCUT2D eigenvalue weighted by Gasteiger charge is -2.41. The van der Waals surface area contributed by atoms with E-state index in [0.29, 0.717) is 12.6 Å². The van der Waals surface area contributed by atoms with Gasteiger partial charge in [0.05, 0.1) is 4.47 Å². The monoisotopic (exact) mass is 327 g/mol. The number of hydrogen-bond acceptors (Lipinski definition) is 4. The molecule has 1 aromatic carbocycles. The van der Waals surface area contributed by atoms with Gasteiger partial charge in [-0.15, -0.1) is 0 Å². The van der Waals surface area contributed by atoms with Crippen LogP contribution in [0, 0.1) is 0 Å². The van der Waals surface area contributed by atoms with Gasteiger partial charge < -0.3 is 15.7 Å². The van der Waals surface area contributed by atoms with E-state index in [9.17, 15) is 5.11 Å². The van der Waals surface area contributed by atoms with Crippen LogP contribution in [0.25, 0.3) is 0 Å². The zero-order valence-electron chi connectivity index (χ0n) is 11.5. The number of benzene rings is 1. The second kappa shape index (κ2) is 6.22. The van der Waals surface area contributed by atoms with Crippen LogP contribution in [0.15, 0.2) is 22.7 Å². The van der Waals surface area contributed by atoms with Crippen molar-refractivity contribution in [2.45, 2.75) is 19.0 Å². The molecule has 0 radical (unpaired) electrons. The summed E-state index contributed by atoms with van der Waals surface area (Å²) in [5, 5.41) is 9.59. The molecule has 0 aliphatic carbocycles. The Morgan fingerprint density at radius 1 is 1.47 bits per heavy atom. The molecule has 0 bridgehead atoms. The summed E-state index contributed by atoms with van der Waals surface area (Å²) in [6.07, 6.45) is 0. The number of rotatable bonds is 3. The number of likely N-dealkylation sites (N-methyl/N-ethyl adjacent to an activating group) is 1. The van der Waals surface area contributed by atoms with Crippen LogP contribution >= 0.6 is 15.9 Å². The molecule has 1 fully saturated rings. The number of phenolic OH excluding ortho intramolecular Hbond substituents is 1. The molecule has 2 unspecified atom stereocenters. The van der Waals surface area contributed by atoms with Crippen molar-refractivity contribution >= 4 is 15.9 Å². The third-order valence-corrected chi connectivity index (χ3v) is 4.65. The van der Waals surface area contributed by atoms with Crippen molar-refractivity contribution in [2.75, 3.05) is 33.2 Å². The molecule has 106 valence electrons. The van der Waals surface area contributed by atoms with Gasteiger partial charge in [-0.05, 0) is 47.6 Å². The quantitative estimate of drug-likeness (QED) is 0.888. The van der Waals surface area contributed by atoms with Gasteiger partial charge in [0, 0.05) is 38.3 Å².